The number of amides is 2. The van der Waals surface area contributed by atoms with Gasteiger partial charge in [-0.25, -0.2) is 0 Å². The van der Waals surface area contributed by atoms with E-state index in [1.807, 2.05) is 69.3 Å². The van der Waals surface area contributed by atoms with E-state index in [9.17, 15) is 9.59 Å². The number of thioether (sulfide) groups is 1. The Morgan fingerprint density at radius 2 is 1.52 bits per heavy atom. The van der Waals surface area contributed by atoms with Crippen molar-refractivity contribution < 1.29 is 9.59 Å². The average molecular weight is 413 g/mol. The van der Waals surface area contributed by atoms with Crippen LogP contribution in [0.4, 0.5) is 0 Å². The molecule has 0 aromatic heterocycles. The molecule has 2 aromatic rings. The highest BCUT2D eigenvalue weighted by atomic mass is 32.2. The fraction of sp³-hybridized carbons (Fsp3) is 0.417. The van der Waals surface area contributed by atoms with Crippen LogP contribution in [0.5, 0.6) is 0 Å². The summed E-state index contributed by atoms with van der Waals surface area (Å²) in [4.78, 5) is 27.4. The SMILES string of the molecule is C[C@@H](C(=O)NC(C)(C)C)N(Cc1ccccc1)C(=O)CCSCc1ccccc1. The molecule has 0 saturated carbocycles. The number of carbonyl (C=O) groups excluding carboxylic acids is 2. The van der Waals surface area contributed by atoms with E-state index in [2.05, 4.69) is 17.4 Å². The van der Waals surface area contributed by atoms with Gasteiger partial charge in [0.1, 0.15) is 6.04 Å². The Balaban J connectivity index is 1.99. The van der Waals surface area contributed by atoms with Gasteiger partial charge in [-0.2, -0.15) is 11.8 Å². The number of carbonyl (C=O) groups is 2. The summed E-state index contributed by atoms with van der Waals surface area (Å²) in [7, 11) is 0. The van der Waals surface area contributed by atoms with Crippen LogP contribution >= 0.6 is 11.8 Å². The van der Waals surface area contributed by atoms with Crippen molar-refractivity contribution in [2.24, 2.45) is 0 Å². The molecule has 1 atom stereocenters. The zero-order valence-corrected chi connectivity index (χ0v) is 18.7. The summed E-state index contributed by atoms with van der Waals surface area (Å²) < 4.78 is 0. The van der Waals surface area contributed by atoms with Crippen LogP contribution in [0.25, 0.3) is 0 Å². The lowest BCUT2D eigenvalue weighted by Gasteiger charge is -2.31. The quantitative estimate of drug-likeness (QED) is 0.610. The van der Waals surface area contributed by atoms with Crippen LogP contribution in [0.15, 0.2) is 60.7 Å². The van der Waals surface area contributed by atoms with E-state index >= 15 is 0 Å². The van der Waals surface area contributed by atoms with Gasteiger partial charge in [0.2, 0.25) is 11.8 Å². The largest absolute Gasteiger partial charge is 0.350 e. The number of nitrogens with one attached hydrogen (secondary N) is 1. The molecule has 0 radical (unpaired) electrons. The maximum atomic E-state index is 13.0. The van der Waals surface area contributed by atoms with Crippen LogP contribution in [0.1, 0.15) is 45.2 Å². The molecule has 0 aliphatic rings. The first-order chi connectivity index (χ1) is 13.8. The summed E-state index contributed by atoms with van der Waals surface area (Å²) in [5.41, 5.74) is 1.94. The topological polar surface area (TPSA) is 49.4 Å². The Labute approximate surface area is 179 Å². The van der Waals surface area contributed by atoms with Gasteiger partial charge in [-0.3, -0.25) is 9.59 Å². The highest BCUT2D eigenvalue weighted by Crippen LogP contribution is 2.16. The molecule has 0 unspecified atom stereocenters. The normalized spacial score (nSPS) is 12.3. The molecular weight excluding hydrogens is 380 g/mol. The second-order valence-corrected chi connectivity index (χ2v) is 9.32. The zero-order valence-electron chi connectivity index (χ0n) is 17.9. The molecule has 0 spiro atoms. The van der Waals surface area contributed by atoms with E-state index in [0.29, 0.717) is 13.0 Å². The maximum Gasteiger partial charge on any atom is 0.242 e. The van der Waals surface area contributed by atoms with Crippen LogP contribution in [0, 0.1) is 0 Å². The van der Waals surface area contributed by atoms with Crippen molar-refractivity contribution in [1.82, 2.24) is 10.2 Å². The third-order valence-corrected chi connectivity index (χ3v) is 5.46. The average Bonchev–Trinajstić information content (AvgIpc) is 2.69. The van der Waals surface area contributed by atoms with Gasteiger partial charge < -0.3 is 10.2 Å². The van der Waals surface area contributed by atoms with Gasteiger partial charge >= 0.3 is 0 Å². The molecular formula is C24H32N2O2S. The van der Waals surface area contributed by atoms with Crippen molar-refractivity contribution in [1.29, 1.82) is 0 Å². The third-order valence-electron chi connectivity index (χ3n) is 4.43. The molecule has 1 N–H and O–H groups in total. The molecule has 4 nitrogen and oxygen atoms in total. The summed E-state index contributed by atoms with van der Waals surface area (Å²) in [5.74, 6) is 1.49. The van der Waals surface area contributed by atoms with E-state index in [1.54, 1.807) is 23.6 Å². The van der Waals surface area contributed by atoms with Gasteiger partial charge in [-0.1, -0.05) is 60.7 Å². The molecule has 0 heterocycles. The first kappa shape index (κ1) is 23.0. The third kappa shape index (κ3) is 8.32. The number of rotatable bonds is 9. The summed E-state index contributed by atoms with van der Waals surface area (Å²) >= 11 is 1.74. The van der Waals surface area contributed by atoms with Gasteiger partial charge in [0.25, 0.3) is 0 Å². The molecule has 29 heavy (non-hydrogen) atoms. The van der Waals surface area contributed by atoms with Crippen LogP contribution < -0.4 is 5.32 Å². The molecule has 0 aliphatic heterocycles. The van der Waals surface area contributed by atoms with Crippen LogP contribution in [-0.2, 0) is 21.9 Å². The first-order valence-electron chi connectivity index (χ1n) is 10.0. The van der Waals surface area contributed by atoms with Crippen molar-refractivity contribution in [2.75, 3.05) is 5.75 Å². The lowest BCUT2D eigenvalue weighted by molar-refractivity contribution is -0.140. The number of hydrogen-bond donors (Lipinski definition) is 1. The van der Waals surface area contributed by atoms with Crippen LogP contribution in [-0.4, -0.2) is 34.0 Å². The van der Waals surface area contributed by atoms with Gasteiger partial charge in [-0.15, -0.1) is 0 Å². The lowest BCUT2D eigenvalue weighted by atomic mass is 10.1. The van der Waals surface area contributed by atoms with Crippen molar-refractivity contribution in [2.45, 2.75) is 58.0 Å². The predicted molar refractivity (Wildman–Crippen MR) is 122 cm³/mol. The van der Waals surface area contributed by atoms with Gasteiger partial charge in [-0.05, 0) is 38.8 Å². The summed E-state index contributed by atoms with van der Waals surface area (Å²) in [6.07, 6.45) is 0.414. The highest BCUT2D eigenvalue weighted by Gasteiger charge is 2.28. The minimum absolute atomic E-state index is 0.00553. The van der Waals surface area contributed by atoms with Crippen LogP contribution in [0.3, 0.4) is 0 Å². The summed E-state index contributed by atoms with van der Waals surface area (Å²) in [6, 6.07) is 19.5. The molecule has 156 valence electrons. The van der Waals surface area contributed by atoms with E-state index in [4.69, 9.17) is 0 Å². The van der Waals surface area contributed by atoms with Crippen molar-refractivity contribution in [3.8, 4) is 0 Å². The van der Waals surface area contributed by atoms with Gasteiger partial charge in [0.15, 0.2) is 0 Å². The van der Waals surface area contributed by atoms with Crippen molar-refractivity contribution in [3.63, 3.8) is 0 Å². The molecule has 0 bridgehead atoms. The van der Waals surface area contributed by atoms with Crippen LogP contribution in [0.2, 0.25) is 0 Å². The zero-order chi connectivity index (χ0) is 21.3. The fourth-order valence-electron chi connectivity index (χ4n) is 2.90. The summed E-state index contributed by atoms with van der Waals surface area (Å²) in [6.45, 7) is 8.07. The predicted octanol–water partition coefficient (Wildman–Crippen LogP) is 4.64. The Kier molecular flexibility index (Phi) is 8.77. The van der Waals surface area contributed by atoms with E-state index in [0.717, 1.165) is 17.1 Å². The minimum atomic E-state index is -0.527. The number of nitrogens with zero attached hydrogens (tertiary/aromatic N) is 1. The number of benzene rings is 2. The second kappa shape index (κ2) is 11.1. The smallest absolute Gasteiger partial charge is 0.242 e. The molecule has 0 aliphatic carbocycles. The Bertz CT molecular complexity index is 772. The van der Waals surface area contributed by atoms with Crippen molar-refractivity contribution in [3.05, 3.63) is 71.8 Å². The number of hydrogen-bond acceptors (Lipinski definition) is 3. The van der Waals surface area contributed by atoms with Gasteiger partial charge in [0, 0.05) is 30.0 Å². The van der Waals surface area contributed by atoms with E-state index < -0.39 is 6.04 Å². The van der Waals surface area contributed by atoms with Gasteiger partial charge in [0.05, 0.1) is 0 Å². The Morgan fingerprint density at radius 1 is 0.966 bits per heavy atom. The molecule has 5 heteroatoms. The monoisotopic (exact) mass is 412 g/mol. The standard InChI is InChI=1S/C24H32N2O2S/c1-19(23(28)25-24(2,3)4)26(17-20-11-7-5-8-12-20)22(27)15-16-29-18-21-13-9-6-10-14-21/h5-14,19H,15-18H2,1-4H3,(H,25,28)/t19-/m0/s1. The maximum absolute atomic E-state index is 13.0. The van der Waals surface area contributed by atoms with E-state index in [1.165, 1.54) is 5.56 Å². The Morgan fingerprint density at radius 3 is 2.07 bits per heavy atom. The lowest BCUT2D eigenvalue weighted by Crippen LogP contribution is -2.52. The molecule has 0 saturated heterocycles. The highest BCUT2D eigenvalue weighted by molar-refractivity contribution is 7.98. The van der Waals surface area contributed by atoms with Crippen molar-refractivity contribution >= 4 is 23.6 Å². The summed E-state index contributed by atoms with van der Waals surface area (Å²) in [5, 5.41) is 2.99. The van der Waals surface area contributed by atoms with E-state index in [-0.39, 0.29) is 17.4 Å². The molecule has 2 aromatic carbocycles. The minimum Gasteiger partial charge on any atom is -0.350 e. The Hall–Kier alpha value is -2.27. The molecule has 2 amide bonds. The first-order valence-corrected chi connectivity index (χ1v) is 11.2. The fourth-order valence-corrected chi connectivity index (χ4v) is 3.80. The molecule has 0 fully saturated rings. The molecule has 2 rings (SSSR count). The second-order valence-electron chi connectivity index (χ2n) is 8.21.